The highest BCUT2D eigenvalue weighted by atomic mass is 32.1. The van der Waals surface area contributed by atoms with Gasteiger partial charge in [0.15, 0.2) is 5.13 Å². The van der Waals surface area contributed by atoms with Crippen LogP contribution in [0, 0.1) is 18.8 Å². The molecule has 1 saturated heterocycles. The van der Waals surface area contributed by atoms with Gasteiger partial charge in [0.05, 0.1) is 12.2 Å². The largest absolute Gasteiger partial charge is 0.301 e. The minimum absolute atomic E-state index is 0.0288. The Morgan fingerprint density at radius 1 is 1.25 bits per heavy atom. The standard InChI is InChI=1S/C19H25N3OS/c1-13-4-6-16(7-5-13)17-12-24-19(20-17)21-18(23)11-22-9-14(2)8-15(3)10-22/h4-7,12,14-15H,8-11H2,1-3H3,(H,20,21,23)/t14-,15+. The van der Waals surface area contributed by atoms with Crippen LogP contribution in [-0.2, 0) is 4.79 Å². The maximum Gasteiger partial charge on any atom is 0.240 e. The fourth-order valence-electron chi connectivity index (χ4n) is 3.47. The summed E-state index contributed by atoms with van der Waals surface area (Å²) >= 11 is 1.48. The Kier molecular flexibility index (Phi) is 5.31. The number of nitrogens with one attached hydrogen (secondary N) is 1. The summed E-state index contributed by atoms with van der Waals surface area (Å²) in [7, 11) is 0. The Hall–Kier alpha value is -1.72. The Balaban J connectivity index is 1.58. The zero-order chi connectivity index (χ0) is 17.1. The SMILES string of the molecule is Cc1ccc(-c2csc(NC(=O)CN3C[C@H](C)C[C@H](C)C3)n2)cc1. The average Bonchev–Trinajstić information content (AvgIpc) is 2.95. The van der Waals surface area contributed by atoms with Crippen molar-refractivity contribution in [3.63, 3.8) is 0 Å². The lowest BCUT2D eigenvalue weighted by molar-refractivity contribution is -0.117. The third-order valence-electron chi connectivity index (χ3n) is 4.41. The third-order valence-corrected chi connectivity index (χ3v) is 5.17. The van der Waals surface area contributed by atoms with E-state index in [0.29, 0.717) is 23.5 Å². The lowest BCUT2D eigenvalue weighted by Gasteiger charge is -2.34. The van der Waals surface area contributed by atoms with Gasteiger partial charge < -0.3 is 5.32 Å². The summed E-state index contributed by atoms with van der Waals surface area (Å²) in [6.45, 7) is 9.05. The Morgan fingerprint density at radius 3 is 2.58 bits per heavy atom. The van der Waals surface area contributed by atoms with Gasteiger partial charge in [-0.05, 0) is 25.2 Å². The monoisotopic (exact) mass is 343 g/mol. The van der Waals surface area contributed by atoms with Crippen LogP contribution in [0.1, 0.15) is 25.8 Å². The maximum absolute atomic E-state index is 12.3. The van der Waals surface area contributed by atoms with Crippen molar-refractivity contribution in [2.75, 3.05) is 25.0 Å². The molecule has 0 spiro atoms. The molecule has 1 aliphatic rings. The molecule has 128 valence electrons. The Morgan fingerprint density at radius 2 is 1.92 bits per heavy atom. The first-order valence-electron chi connectivity index (χ1n) is 8.54. The molecule has 0 bridgehead atoms. The molecule has 3 rings (SSSR count). The maximum atomic E-state index is 12.3. The second-order valence-corrected chi connectivity index (χ2v) is 7.95. The summed E-state index contributed by atoms with van der Waals surface area (Å²) in [5, 5.41) is 5.61. The predicted octanol–water partition coefficient (Wildman–Crippen LogP) is 4.03. The number of aromatic nitrogens is 1. The molecule has 0 radical (unpaired) electrons. The van der Waals surface area contributed by atoms with Crippen molar-refractivity contribution < 1.29 is 4.79 Å². The van der Waals surface area contributed by atoms with Crippen molar-refractivity contribution in [1.82, 2.24) is 9.88 Å². The molecule has 4 nitrogen and oxygen atoms in total. The zero-order valence-electron chi connectivity index (χ0n) is 14.6. The summed E-state index contributed by atoms with van der Waals surface area (Å²) in [4.78, 5) is 19.1. The highest BCUT2D eigenvalue weighted by Gasteiger charge is 2.23. The van der Waals surface area contributed by atoms with Crippen LogP contribution < -0.4 is 5.32 Å². The zero-order valence-corrected chi connectivity index (χ0v) is 15.4. The second-order valence-electron chi connectivity index (χ2n) is 7.09. The first kappa shape index (κ1) is 17.1. The number of likely N-dealkylation sites (tertiary alicyclic amines) is 1. The number of aryl methyl sites for hydroxylation is 1. The van der Waals surface area contributed by atoms with Crippen LogP contribution in [0.3, 0.4) is 0 Å². The summed E-state index contributed by atoms with van der Waals surface area (Å²) in [5.74, 6) is 1.35. The molecule has 5 heteroatoms. The van der Waals surface area contributed by atoms with E-state index in [1.54, 1.807) is 0 Å². The summed E-state index contributed by atoms with van der Waals surface area (Å²) in [6, 6.07) is 8.27. The number of piperidine rings is 1. The number of amides is 1. The number of anilines is 1. The van der Waals surface area contributed by atoms with Gasteiger partial charge in [-0.25, -0.2) is 4.98 Å². The molecular weight excluding hydrogens is 318 g/mol. The van der Waals surface area contributed by atoms with Gasteiger partial charge in [-0.1, -0.05) is 43.7 Å². The molecule has 24 heavy (non-hydrogen) atoms. The highest BCUT2D eigenvalue weighted by molar-refractivity contribution is 7.14. The number of carbonyl (C=O) groups excluding carboxylic acids is 1. The van der Waals surface area contributed by atoms with E-state index in [1.807, 2.05) is 5.38 Å². The van der Waals surface area contributed by atoms with Gasteiger partial charge in [-0.3, -0.25) is 9.69 Å². The predicted molar refractivity (Wildman–Crippen MR) is 100 cm³/mol. The molecular formula is C19H25N3OS. The molecule has 1 amide bonds. The van der Waals surface area contributed by atoms with Crippen LogP contribution in [0.5, 0.6) is 0 Å². The molecule has 0 aliphatic carbocycles. The van der Waals surface area contributed by atoms with E-state index in [-0.39, 0.29) is 5.91 Å². The smallest absolute Gasteiger partial charge is 0.240 e. The van der Waals surface area contributed by atoms with Crippen LogP contribution in [0.25, 0.3) is 11.3 Å². The molecule has 2 heterocycles. The van der Waals surface area contributed by atoms with Gasteiger partial charge in [0.1, 0.15) is 0 Å². The van der Waals surface area contributed by atoms with E-state index in [2.05, 4.69) is 60.2 Å². The minimum atomic E-state index is 0.0288. The number of hydrogen-bond donors (Lipinski definition) is 1. The molecule has 0 unspecified atom stereocenters. The lowest BCUT2D eigenvalue weighted by Crippen LogP contribution is -2.42. The van der Waals surface area contributed by atoms with Crippen molar-refractivity contribution in [3.8, 4) is 11.3 Å². The van der Waals surface area contributed by atoms with Crippen LogP contribution >= 0.6 is 11.3 Å². The van der Waals surface area contributed by atoms with Gasteiger partial charge in [0.2, 0.25) is 5.91 Å². The molecule has 0 saturated carbocycles. The highest BCUT2D eigenvalue weighted by Crippen LogP contribution is 2.25. The molecule has 1 N–H and O–H groups in total. The van der Waals surface area contributed by atoms with Gasteiger partial charge in [0, 0.05) is 24.0 Å². The Bertz CT molecular complexity index is 685. The van der Waals surface area contributed by atoms with E-state index in [9.17, 15) is 4.79 Å². The van der Waals surface area contributed by atoms with E-state index >= 15 is 0 Å². The van der Waals surface area contributed by atoms with E-state index in [4.69, 9.17) is 0 Å². The summed E-state index contributed by atoms with van der Waals surface area (Å²) < 4.78 is 0. The normalized spacial score (nSPS) is 21.6. The molecule has 2 aromatic rings. The van der Waals surface area contributed by atoms with E-state index in [1.165, 1.54) is 23.3 Å². The minimum Gasteiger partial charge on any atom is -0.301 e. The summed E-state index contributed by atoms with van der Waals surface area (Å²) in [5.41, 5.74) is 3.22. The van der Waals surface area contributed by atoms with Crippen LogP contribution in [0.15, 0.2) is 29.6 Å². The van der Waals surface area contributed by atoms with Gasteiger partial charge >= 0.3 is 0 Å². The Labute approximate surface area is 147 Å². The number of rotatable bonds is 4. The van der Waals surface area contributed by atoms with E-state index < -0.39 is 0 Å². The number of hydrogen-bond acceptors (Lipinski definition) is 4. The quantitative estimate of drug-likeness (QED) is 0.911. The molecule has 1 aromatic heterocycles. The van der Waals surface area contributed by atoms with Crippen LogP contribution in [-0.4, -0.2) is 35.4 Å². The lowest BCUT2D eigenvalue weighted by atomic mass is 9.92. The number of benzene rings is 1. The molecule has 1 aliphatic heterocycles. The topological polar surface area (TPSA) is 45.2 Å². The average molecular weight is 343 g/mol. The van der Waals surface area contributed by atoms with Gasteiger partial charge in [-0.15, -0.1) is 11.3 Å². The first-order chi connectivity index (χ1) is 11.5. The van der Waals surface area contributed by atoms with Crippen molar-refractivity contribution in [2.24, 2.45) is 11.8 Å². The fraction of sp³-hybridized carbons (Fsp3) is 0.474. The third kappa shape index (κ3) is 4.42. The second kappa shape index (κ2) is 7.45. The van der Waals surface area contributed by atoms with Crippen molar-refractivity contribution in [2.45, 2.75) is 27.2 Å². The van der Waals surface area contributed by atoms with Crippen molar-refractivity contribution in [1.29, 1.82) is 0 Å². The summed E-state index contributed by atoms with van der Waals surface area (Å²) in [6.07, 6.45) is 1.25. The number of thiazole rings is 1. The first-order valence-corrected chi connectivity index (χ1v) is 9.42. The van der Waals surface area contributed by atoms with Crippen molar-refractivity contribution >= 4 is 22.4 Å². The van der Waals surface area contributed by atoms with Gasteiger partial charge in [-0.2, -0.15) is 0 Å². The van der Waals surface area contributed by atoms with Crippen molar-refractivity contribution in [3.05, 3.63) is 35.2 Å². The molecule has 1 fully saturated rings. The number of carbonyl (C=O) groups is 1. The molecule has 1 aromatic carbocycles. The number of nitrogens with zero attached hydrogens (tertiary/aromatic N) is 2. The van der Waals surface area contributed by atoms with Gasteiger partial charge in [0.25, 0.3) is 0 Å². The van der Waals surface area contributed by atoms with E-state index in [0.717, 1.165) is 24.3 Å². The molecule has 2 atom stereocenters. The fourth-order valence-corrected chi connectivity index (χ4v) is 4.21. The van der Waals surface area contributed by atoms with Crippen LogP contribution in [0.4, 0.5) is 5.13 Å². The van der Waals surface area contributed by atoms with Crippen LogP contribution in [0.2, 0.25) is 0 Å².